The summed E-state index contributed by atoms with van der Waals surface area (Å²) in [7, 11) is 0. The minimum atomic E-state index is -0.134. The molecule has 0 amide bonds. The molecule has 1 aliphatic rings. The van der Waals surface area contributed by atoms with E-state index in [0.717, 1.165) is 30.6 Å². The van der Waals surface area contributed by atoms with Crippen molar-refractivity contribution in [3.8, 4) is 5.88 Å². The molecule has 1 saturated heterocycles. The van der Waals surface area contributed by atoms with Crippen LogP contribution in [0.15, 0.2) is 0 Å². The van der Waals surface area contributed by atoms with Gasteiger partial charge >= 0.3 is 0 Å². The van der Waals surface area contributed by atoms with E-state index in [1.54, 1.807) is 0 Å². The molecule has 1 atom stereocenters. The summed E-state index contributed by atoms with van der Waals surface area (Å²) in [6.45, 7) is 13.2. The van der Waals surface area contributed by atoms with Crippen LogP contribution in [0, 0.1) is 0 Å². The molecule has 0 saturated carbocycles. The fourth-order valence-electron chi connectivity index (χ4n) is 2.22. The monoisotopic (exact) mass is 374 g/mol. The van der Waals surface area contributed by atoms with Gasteiger partial charge in [-0.05, 0) is 27.7 Å². The lowest BCUT2D eigenvalue weighted by atomic mass is 10.1. The number of nitrogens with zero attached hydrogens (tertiary/aromatic N) is 3. The number of aromatic nitrogens is 2. The van der Waals surface area contributed by atoms with Gasteiger partial charge in [-0.1, -0.05) is 0 Å². The molecule has 1 aromatic rings. The molecule has 0 aromatic carbocycles. The number of rotatable bonds is 10. The third-order valence-electron chi connectivity index (χ3n) is 3.61. The van der Waals surface area contributed by atoms with Crippen molar-refractivity contribution >= 4 is 17.5 Å². The quantitative estimate of drug-likeness (QED) is 0.488. The molecule has 0 unspecified atom stereocenters. The zero-order chi connectivity index (χ0) is 18.1. The second-order valence-electron chi connectivity index (χ2n) is 6.83. The van der Waals surface area contributed by atoms with Gasteiger partial charge in [0.25, 0.3) is 5.88 Å². The molecule has 8 nitrogen and oxygen atoms in total. The van der Waals surface area contributed by atoms with Crippen molar-refractivity contribution in [3.05, 3.63) is 0 Å². The van der Waals surface area contributed by atoms with Crippen molar-refractivity contribution in [2.75, 3.05) is 57.8 Å². The number of nitrogens with one attached hydrogen (secondary N) is 1. The molecular weight excluding hydrogens is 344 g/mol. The van der Waals surface area contributed by atoms with E-state index in [0.29, 0.717) is 38.9 Å². The minimum absolute atomic E-state index is 0.00830. The molecule has 1 aromatic heterocycles. The summed E-state index contributed by atoms with van der Waals surface area (Å²) in [5.41, 5.74) is 0.00830. The molecule has 1 N–H and O–H groups in total. The van der Waals surface area contributed by atoms with Gasteiger partial charge in [0.1, 0.15) is 19.5 Å². The molecule has 1 aliphatic heterocycles. The first-order valence-corrected chi connectivity index (χ1v) is 9.45. The predicted molar refractivity (Wildman–Crippen MR) is 97.6 cm³/mol. The Morgan fingerprint density at radius 3 is 2.72 bits per heavy atom. The first-order valence-electron chi connectivity index (χ1n) is 8.72. The van der Waals surface area contributed by atoms with Crippen molar-refractivity contribution in [3.63, 3.8) is 0 Å². The highest BCUT2D eigenvalue weighted by atomic mass is 32.1. The Morgan fingerprint density at radius 2 is 2.04 bits per heavy atom. The molecule has 1 fully saturated rings. The number of hydrogen-bond acceptors (Lipinski definition) is 9. The van der Waals surface area contributed by atoms with Crippen LogP contribution >= 0.6 is 11.7 Å². The van der Waals surface area contributed by atoms with Crippen molar-refractivity contribution in [2.45, 2.75) is 39.3 Å². The van der Waals surface area contributed by atoms with Gasteiger partial charge in [-0.3, -0.25) is 0 Å². The number of anilines is 1. The Kier molecular flexibility index (Phi) is 8.31. The molecule has 2 heterocycles. The van der Waals surface area contributed by atoms with E-state index >= 15 is 0 Å². The standard InChI is InChI=1S/C16H30N4O4S/c1-5-21-12-24-13(10-17-16(2,3)4)11-23-15-14(18-25-19-15)20-6-8-22-9-7-20/h13,17H,5-12H2,1-4H3/t13-/m0/s1. The highest BCUT2D eigenvalue weighted by molar-refractivity contribution is 6.99. The topological polar surface area (TPSA) is 78.0 Å². The predicted octanol–water partition coefficient (Wildman–Crippen LogP) is 1.52. The van der Waals surface area contributed by atoms with Crippen LogP contribution in [0.25, 0.3) is 0 Å². The average Bonchev–Trinajstić information content (AvgIpc) is 3.05. The molecule has 2 rings (SSSR count). The van der Waals surface area contributed by atoms with E-state index < -0.39 is 0 Å². The summed E-state index contributed by atoms with van der Waals surface area (Å²) in [6, 6.07) is 0. The van der Waals surface area contributed by atoms with Crippen LogP contribution in [0.3, 0.4) is 0 Å². The van der Waals surface area contributed by atoms with Gasteiger partial charge in [-0.2, -0.15) is 4.37 Å². The number of morpholine rings is 1. The second-order valence-corrected chi connectivity index (χ2v) is 7.36. The van der Waals surface area contributed by atoms with Crippen LogP contribution in [0.1, 0.15) is 27.7 Å². The second kappa shape index (κ2) is 10.2. The van der Waals surface area contributed by atoms with Gasteiger partial charge in [-0.15, -0.1) is 4.37 Å². The van der Waals surface area contributed by atoms with Gasteiger partial charge in [0.05, 0.1) is 24.9 Å². The summed E-state index contributed by atoms with van der Waals surface area (Å²) in [6.07, 6.45) is -0.134. The molecule has 0 radical (unpaired) electrons. The van der Waals surface area contributed by atoms with Crippen molar-refractivity contribution < 1.29 is 18.9 Å². The van der Waals surface area contributed by atoms with Crippen molar-refractivity contribution in [2.24, 2.45) is 0 Å². The molecule has 9 heteroatoms. The van der Waals surface area contributed by atoms with Gasteiger partial charge in [0.2, 0.25) is 5.82 Å². The van der Waals surface area contributed by atoms with Crippen LogP contribution in [-0.4, -0.2) is 73.2 Å². The van der Waals surface area contributed by atoms with E-state index in [4.69, 9.17) is 18.9 Å². The Balaban J connectivity index is 1.88. The summed E-state index contributed by atoms with van der Waals surface area (Å²) in [5, 5.41) is 3.44. The van der Waals surface area contributed by atoms with Gasteiger partial charge in [0.15, 0.2) is 0 Å². The highest BCUT2D eigenvalue weighted by Crippen LogP contribution is 2.26. The Bertz CT molecular complexity index is 489. The van der Waals surface area contributed by atoms with E-state index in [-0.39, 0.29) is 18.4 Å². The van der Waals surface area contributed by atoms with E-state index in [9.17, 15) is 0 Å². The van der Waals surface area contributed by atoms with Gasteiger partial charge < -0.3 is 29.2 Å². The van der Waals surface area contributed by atoms with Crippen LogP contribution in [-0.2, 0) is 14.2 Å². The van der Waals surface area contributed by atoms with Crippen LogP contribution in [0.4, 0.5) is 5.82 Å². The Labute approximate surface area is 154 Å². The highest BCUT2D eigenvalue weighted by Gasteiger charge is 2.22. The minimum Gasteiger partial charge on any atom is -0.472 e. The third kappa shape index (κ3) is 7.41. The van der Waals surface area contributed by atoms with Crippen LogP contribution < -0.4 is 15.0 Å². The normalized spacial score (nSPS) is 16.9. The lowest BCUT2D eigenvalue weighted by Gasteiger charge is -2.27. The molecule has 0 bridgehead atoms. The first kappa shape index (κ1) is 20.3. The first-order chi connectivity index (χ1) is 12.0. The summed E-state index contributed by atoms with van der Waals surface area (Å²) in [4.78, 5) is 2.14. The van der Waals surface area contributed by atoms with Gasteiger partial charge in [-0.25, -0.2) is 0 Å². The van der Waals surface area contributed by atoms with Gasteiger partial charge in [0, 0.05) is 31.8 Å². The fraction of sp³-hybridized carbons (Fsp3) is 0.875. The molecule has 0 aliphatic carbocycles. The maximum absolute atomic E-state index is 5.92. The maximum atomic E-state index is 5.92. The lowest BCUT2D eigenvalue weighted by Crippen LogP contribution is -2.43. The van der Waals surface area contributed by atoms with E-state index in [1.807, 2.05) is 6.92 Å². The maximum Gasteiger partial charge on any atom is 0.270 e. The Hall–Kier alpha value is -1.00. The Morgan fingerprint density at radius 1 is 1.28 bits per heavy atom. The summed E-state index contributed by atoms with van der Waals surface area (Å²) < 4.78 is 31.0. The summed E-state index contributed by atoms with van der Waals surface area (Å²) >= 11 is 1.16. The van der Waals surface area contributed by atoms with Crippen molar-refractivity contribution in [1.29, 1.82) is 0 Å². The molecule has 25 heavy (non-hydrogen) atoms. The SMILES string of the molecule is CCOCO[C@@H](CNC(C)(C)C)COc1nsnc1N1CCOCC1. The third-order valence-corrected chi connectivity index (χ3v) is 4.11. The number of hydrogen-bond donors (Lipinski definition) is 1. The fourth-order valence-corrected chi connectivity index (χ4v) is 2.74. The smallest absolute Gasteiger partial charge is 0.270 e. The molecular formula is C16H30N4O4S. The largest absolute Gasteiger partial charge is 0.472 e. The number of ether oxygens (including phenoxy) is 4. The lowest BCUT2D eigenvalue weighted by molar-refractivity contribution is -0.0967. The average molecular weight is 375 g/mol. The molecule has 0 spiro atoms. The molecule has 144 valence electrons. The summed E-state index contributed by atoms with van der Waals surface area (Å²) in [5.74, 6) is 1.35. The van der Waals surface area contributed by atoms with E-state index in [1.165, 1.54) is 0 Å². The zero-order valence-corrected chi connectivity index (χ0v) is 16.4. The van der Waals surface area contributed by atoms with Crippen molar-refractivity contribution in [1.82, 2.24) is 14.1 Å². The van der Waals surface area contributed by atoms with Crippen LogP contribution in [0.5, 0.6) is 5.88 Å². The zero-order valence-electron chi connectivity index (χ0n) is 15.6. The van der Waals surface area contributed by atoms with E-state index in [2.05, 4.69) is 39.7 Å². The van der Waals surface area contributed by atoms with Crippen LogP contribution in [0.2, 0.25) is 0 Å².